The Labute approximate surface area is 117 Å². The molecular weight excluding hydrogens is 260 g/mol. The van der Waals surface area contributed by atoms with E-state index in [0.29, 0.717) is 19.5 Å². The van der Waals surface area contributed by atoms with Crippen LogP contribution in [0.25, 0.3) is 0 Å². The van der Waals surface area contributed by atoms with E-state index in [4.69, 9.17) is 5.11 Å². The number of carboxylic acids is 1. The second kappa shape index (κ2) is 5.94. The first-order valence-corrected chi connectivity index (χ1v) is 6.72. The van der Waals surface area contributed by atoms with Gasteiger partial charge in [0.25, 0.3) is 0 Å². The lowest BCUT2D eigenvalue weighted by Gasteiger charge is -2.30. The fourth-order valence-electron chi connectivity index (χ4n) is 2.36. The van der Waals surface area contributed by atoms with Gasteiger partial charge in [0, 0.05) is 37.9 Å². The molecule has 2 heterocycles. The molecule has 0 saturated carbocycles. The summed E-state index contributed by atoms with van der Waals surface area (Å²) in [5, 5.41) is 16.0. The van der Waals surface area contributed by atoms with Gasteiger partial charge in [0.15, 0.2) is 0 Å². The molecule has 1 aromatic heterocycles. The number of hydrogen-bond donors (Lipinski definition) is 2. The Morgan fingerprint density at radius 2 is 2.30 bits per heavy atom. The van der Waals surface area contributed by atoms with Crippen LogP contribution in [0, 0.1) is 12.8 Å². The number of carboxylic acid groups (broad SMARTS) is 1. The normalized spacial score (nSPS) is 18.9. The Kier molecular flexibility index (Phi) is 4.26. The molecule has 7 heteroatoms. The lowest BCUT2D eigenvalue weighted by Crippen LogP contribution is -2.46. The van der Waals surface area contributed by atoms with E-state index < -0.39 is 11.9 Å². The number of rotatable bonds is 3. The molecule has 20 heavy (non-hydrogen) atoms. The van der Waals surface area contributed by atoms with E-state index in [2.05, 4.69) is 10.4 Å². The van der Waals surface area contributed by atoms with Crippen molar-refractivity contribution >= 4 is 12.0 Å². The van der Waals surface area contributed by atoms with Gasteiger partial charge in [-0.15, -0.1) is 0 Å². The number of amides is 2. The van der Waals surface area contributed by atoms with Crippen LogP contribution >= 0.6 is 0 Å². The van der Waals surface area contributed by atoms with Gasteiger partial charge in [-0.3, -0.25) is 9.48 Å². The smallest absolute Gasteiger partial charge is 0.317 e. The number of aryl methyl sites for hydroxylation is 1. The molecule has 2 amide bonds. The third-order valence-electron chi connectivity index (χ3n) is 3.82. The average molecular weight is 280 g/mol. The summed E-state index contributed by atoms with van der Waals surface area (Å²) < 4.78 is 1.75. The van der Waals surface area contributed by atoms with Crippen molar-refractivity contribution in [2.45, 2.75) is 26.3 Å². The third kappa shape index (κ3) is 3.09. The van der Waals surface area contributed by atoms with Crippen LogP contribution in [0.2, 0.25) is 0 Å². The van der Waals surface area contributed by atoms with Crippen molar-refractivity contribution in [3.63, 3.8) is 0 Å². The molecule has 1 saturated heterocycles. The summed E-state index contributed by atoms with van der Waals surface area (Å²) >= 11 is 0. The molecule has 7 nitrogen and oxygen atoms in total. The highest BCUT2D eigenvalue weighted by molar-refractivity contribution is 5.76. The number of urea groups is 1. The van der Waals surface area contributed by atoms with E-state index in [0.717, 1.165) is 17.7 Å². The van der Waals surface area contributed by atoms with Gasteiger partial charge in [-0.25, -0.2) is 4.79 Å². The Morgan fingerprint density at radius 1 is 1.55 bits per heavy atom. The highest BCUT2D eigenvalue weighted by Crippen LogP contribution is 2.16. The molecule has 1 aliphatic rings. The number of aliphatic carboxylic acids is 1. The molecule has 1 aromatic rings. The van der Waals surface area contributed by atoms with E-state index in [9.17, 15) is 9.59 Å². The number of carbonyl (C=O) groups excluding carboxylic acids is 1. The number of aromatic nitrogens is 2. The van der Waals surface area contributed by atoms with E-state index in [1.54, 1.807) is 15.8 Å². The number of piperidine rings is 1. The number of likely N-dealkylation sites (tertiary alicyclic amines) is 1. The standard InChI is InChI=1S/C13H20N4O3/c1-9-11(7-15-16(9)2)6-14-13(20)17-5-3-4-10(8-17)12(18)19/h7,10H,3-6,8H2,1-2H3,(H,14,20)(H,18,19)/t10-/m0/s1. The van der Waals surface area contributed by atoms with Crippen molar-refractivity contribution in [3.8, 4) is 0 Å². The van der Waals surface area contributed by atoms with Crippen LogP contribution in [0.3, 0.4) is 0 Å². The summed E-state index contributed by atoms with van der Waals surface area (Å²) in [5.74, 6) is -1.28. The van der Waals surface area contributed by atoms with Crippen molar-refractivity contribution in [3.05, 3.63) is 17.5 Å². The van der Waals surface area contributed by atoms with Crippen LogP contribution in [0.15, 0.2) is 6.20 Å². The van der Waals surface area contributed by atoms with E-state index in [1.165, 1.54) is 0 Å². The van der Waals surface area contributed by atoms with Gasteiger partial charge >= 0.3 is 12.0 Å². The van der Waals surface area contributed by atoms with Gasteiger partial charge < -0.3 is 15.3 Å². The minimum absolute atomic E-state index is 0.209. The molecular formula is C13H20N4O3. The second-order valence-electron chi connectivity index (χ2n) is 5.16. The minimum atomic E-state index is -0.828. The van der Waals surface area contributed by atoms with Crippen molar-refractivity contribution in [1.29, 1.82) is 0 Å². The summed E-state index contributed by atoms with van der Waals surface area (Å²) in [6.07, 6.45) is 3.10. The topological polar surface area (TPSA) is 87.5 Å². The third-order valence-corrected chi connectivity index (χ3v) is 3.82. The Bertz CT molecular complexity index is 512. The molecule has 1 fully saturated rings. The molecule has 2 N–H and O–H groups in total. The Balaban J connectivity index is 1.88. The zero-order chi connectivity index (χ0) is 14.7. The van der Waals surface area contributed by atoms with Crippen LogP contribution in [0.5, 0.6) is 0 Å². The number of carbonyl (C=O) groups is 2. The highest BCUT2D eigenvalue weighted by atomic mass is 16.4. The number of hydrogen-bond acceptors (Lipinski definition) is 3. The average Bonchev–Trinajstić information content (AvgIpc) is 2.76. The summed E-state index contributed by atoms with van der Waals surface area (Å²) in [4.78, 5) is 24.6. The van der Waals surface area contributed by atoms with Gasteiger partial charge in [0.2, 0.25) is 0 Å². The highest BCUT2D eigenvalue weighted by Gasteiger charge is 2.27. The molecule has 0 aromatic carbocycles. The van der Waals surface area contributed by atoms with E-state index >= 15 is 0 Å². The van der Waals surface area contributed by atoms with Crippen LogP contribution in [-0.2, 0) is 18.4 Å². The first-order chi connectivity index (χ1) is 9.49. The summed E-state index contributed by atoms with van der Waals surface area (Å²) in [7, 11) is 1.85. The molecule has 2 rings (SSSR count). The van der Waals surface area contributed by atoms with Gasteiger partial charge in [-0.1, -0.05) is 0 Å². The van der Waals surface area contributed by atoms with Crippen molar-refractivity contribution in [2.24, 2.45) is 13.0 Å². The fourth-order valence-corrected chi connectivity index (χ4v) is 2.36. The van der Waals surface area contributed by atoms with Crippen molar-refractivity contribution < 1.29 is 14.7 Å². The maximum atomic E-state index is 12.1. The maximum absolute atomic E-state index is 12.1. The summed E-state index contributed by atoms with van der Waals surface area (Å²) in [6.45, 7) is 3.25. The van der Waals surface area contributed by atoms with Crippen LogP contribution in [0.1, 0.15) is 24.1 Å². The Hall–Kier alpha value is -2.05. The van der Waals surface area contributed by atoms with Crippen LogP contribution < -0.4 is 5.32 Å². The van der Waals surface area contributed by atoms with Crippen molar-refractivity contribution in [1.82, 2.24) is 20.0 Å². The molecule has 110 valence electrons. The summed E-state index contributed by atoms with van der Waals surface area (Å²) in [6, 6.07) is -0.209. The maximum Gasteiger partial charge on any atom is 0.317 e. The lowest BCUT2D eigenvalue weighted by atomic mass is 9.99. The zero-order valence-corrected chi connectivity index (χ0v) is 11.8. The SMILES string of the molecule is Cc1c(CNC(=O)N2CCC[C@H](C(=O)O)C2)cnn1C. The van der Waals surface area contributed by atoms with Crippen LogP contribution in [-0.4, -0.2) is 44.9 Å². The molecule has 0 bridgehead atoms. The first-order valence-electron chi connectivity index (χ1n) is 6.72. The van der Waals surface area contributed by atoms with E-state index in [-0.39, 0.29) is 12.6 Å². The number of nitrogens with zero attached hydrogens (tertiary/aromatic N) is 3. The van der Waals surface area contributed by atoms with Gasteiger partial charge in [0.1, 0.15) is 0 Å². The molecule has 1 atom stereocenters. The minimum Gasteiger partial charge on any atom is -0.481 e. The molecule has 1 aliphatic heterocycles. The zero-order valence-electron chi connectivity index (χ0n) is 11.8. The second-order valence-corrected chi connectivity index (χ2v) is 5.16. The fraction of sp³-hybridized carbons (Fsp3) is 0.615. The van der Waals surface area contributed by atoms with Crippen LogP contribution in [0.4, 0.5) is 4.79 Å². The predicted molar refractivity (Wildman–Crippen MR) is 72.1 cm³/mol. The van der Waals surface area contributed by atoms with Gasteiger partial charge in [-0.05, 0) is 19.8 Å². The van der Waals surface area contributed by atoms with Gasteiger partial charge in [-0.2, -0.15) is 5.10 Å². The largest absolute Gasteiger partial charge is 0.481 e. The molecule has 0 spiro atoms. The Morgan fingerprint density at radius 3 is 2.90 bits per heavy atom. The first kappa shape index (κ1) is 14.4. The molecule has 0 radical (unpaired) electrons. The molecule has 0 unspecified atom stereocenters. The summed E-state index contributed by atoms with van der Waals surface area (Å²) in [5.41, 5.74) is 1.97. The quantitative estimate of drug-likeness (QED) is 0.854. The molecule has 0 aliphatic carbocycles. The number of nitrogens with one attached hydrogen (secondary N) is 1. The predicted octanol–water partition coefficient (Wildman–Crippen LogP) is 0.735. The lowest BCUT2D eigenvalue weighted by molar-refractivity contribution is -0.143. The monoisotopic (exact) mass is 280 g/mol. The van der Waals surface area contributed by atoms with Gasteiger partial charge in [0.05, 0.1) is 12.1 Å². The van der Waals surface area contributed by atoms with Crippen molar-refractivity contribution in [2.75, 3.05) is 13.1 Å². The van der Waals surface area contributed by atoms with E-state index in [1.807, 2.05) is 14.0 Å².